The molecule has 0 amide bonds. The number of nitrogen functional groups attached to an aromatic ring is 1. The Morgan fingerprint density at radius 1 is 1.29 bits per heavy atom. The van der Waals surface area contributed by atoms with Gasteiger partial charge in [0.05, 0.1) is 11.9 Å². The molecule has 0 radical (unpaired) electrons. The van der Waals surface area contributed by atoms with Gasteiger partial charge in [0, 0.05) is 25.5 Å². The maximum Gasteiger partial charge on any atom is 0.0726 e. The number of benzene rings is 1. The fraction of sp³-hybridized carbons (Fsp3) is 0.308. The highest BCUT2D eigenvalue weighted by Gasteiger charge is 1.96. The van der Waals surface area contributed by atoms with Crippen LogP contribution in [0.5, 0.6) is 0 Å². The summed E-state index contributed by atoms with van der Waals surface area (Å²) >= 11 is 0. The van der Waals surface area contributed by atoms with Crippen LogP contribution in [0.4, 0.5) is 11.4 Å². The summed E-state index contributed by atoms with van der Waals surface area (Å²) in [4.78, 5) is 0. The Hall–Kier alpha value is -1.97. The number of aromatic nitrogens is 2. The molecule has 2 rings (SSSR count). The van der Waals surface area contributed by atoms with E-state index in [4.69, 9.17) is 5.73 Å². The zero-order valence-electron chi connectivity index (χ0n) is 10.1. The maximum atomic E-state index is 5.64. The van der Waals surface area contributed by atoms with E-state index in [1.807, 2.05) is 31.6 Å². The number of nitrogens with one attached hydrogen (secondary N) is 1. The van der Waals surface area contributed by atoms with E-state index in [0.717, 1.165) is 30.8 Å². The largest absolute Gasteiger partial charge is 0.399 e. The molecule has 17 heavy (non-hydrogen) atoms. The molecule has 0 atom stereocenters. The summed E-state index contributed by atoms with van der Waals surface area (Å²) in [7, 11) is 1.92. The van der Waals surface area contributed by atoms with Gasteiger partial charge in [0.2, 0.25) is 0 Å². The van der Waals surface area contributed by atoms with Gasteiger partial charge >= 0.3 is 0 Å². The number of hydrogen-bond donors (Lipinski definition) is 2. The summed E-state index contributed by atoms with van der Waals surface area (Å²) in [6, 6.07) is 8.06. The zero-order valence-corrected chi connectivity index (χ0v) is 10.1. The second-order valence-electron chi connectivity index (χ2n) is 4.17. The van der Waals surface area contributed by atoms with E-state index >= 15 is 0 Å². The van der Waals surface area contributed by atoms with Crippen LogP contribution < -0.4 is 11.1 Å². The van der Waals surface area contributed by atoms with Crippen LogP contribution in [0.25, 0.3) is 0 Å². The molecule has 1 heterocycles. The van der Waals surface area contributed by atoms with Crippen molar-refractivity contribution in [1.82, 2.24) is 9.78 Å². The van der Waals surface area contributed by atoms with Gasteiger partial charge in [-0.05, 0) is 30.5 Å². The van der Waals surface area contributed by atoms with Gasteiger partial charge in [0.15, 0.2) is 0 Å². The van der Waals surface area contributed by atoms with Crippen molar-refractivity contribution in [2.24, 2.45) is 7.05 Å². The van der Waals surface area contributed by atoms with Gasteiger partial charge in [0.25, 0.3) is 0 Å². The first kappa shape index (κ1) is 11.5. The third-order valence-electron chi connectivity index (χ3n) is 2.66. The molecule has 1 aromatic carbocycles. The number of hydrogen-bond acceptors (Lipinski definition) is 3. The number of nitrogens with zero attached hydrogens (tertiary/aromatic N) is 2. The lowest BCUT2D eigenvalue weighted by Crippen LogP contribution is -2.02. The Labute approximate surface area is 101 Å². The molecular weight excluding hydrogens is 212 g/mol. The standard InChI is InChI=1S/C13H18N4/c1-17-10-13(9-16-17)15-8-2-3-11-4-6-12(14)7-5-11/h4-7,9-10,15H,2-3,8,14H2,1H3. The summed E-state index contributed by atoms with van der Waals surface area (Å²) in [5.41, 5.74) is 8.86. The highest BCUT2D eigenvalue weighted by atomic mass is 15.3. The average Bonchev–Trinajstić information content (AvgIpc) is 2.73. The van der Waals surface area contributed by atoms with Crippen molar-refractivity contribution in [2.45, 2.75) is 12.8 Å². The molecular formula is C13H18N4. The number of nitrogens with two attached hydrogens (primary N) is 1. The Kier molecular flexibility index (Phi) is 3.65. The Morgan fingerprint density at radius 3 is 2.71 bits per heavy atom. The van der Waals surface area contributed by atoms with E-state index in [2.05, 4.69) is 22.5 Å². The molecule has 0 aliphatic carbocycles. The lowest BCUT2D eigenvalue weighted by atomic mass is 10.1. The number of rotatable bonds is 5. The second-order valence-corrected chi connectivity index (χ2v) is 4.17. The van der Waals surface area contributed by atoms with E-state index in [1.54, 1.807) is 4.68 Å². The third-order valence-corrected chi connectivity index (χ3v) is 2.66. The Bertz CT molecular complexity index is 459. The molecule has 3 N–H and O–H groups in total. The van der Waals surface area contributed by atoms with Crippen LogP contribution >= 0.6 is 0 Å². The molecule has 0 saturated carbocycles. The van der Waals surface area contributed by atoms with Crippen molar-refractivity contribution in [3.8, 4) is 0 Å². The van der Waals surface area contributed by atoms with E-state index in [-0.39, 0.29) is 0 Å². The van der Waals surface area contributed by atoms with Gasteiger partial charge in [-0.15, -0.1) is 0 Å². The van der Waals surface area contributed by atoms with Crippen molar-refractivity contribution in [2.75, 3.05) is 17.6 Å². The minimum atomic E-state index is 0.822. The van der Waals surface area contributed by atoms with Crippen LogP contribution in [0.15, 0.2) is 36.7 Å². The summed E-state index contributed by atoms with van der Waals surface area (Å²) in [5.74, 6) is 0. The first-order chi connectivity index (χ1) is 8.24. The SMILES string of the molecule is Cn1cc(NCCCc2ccc(N)cc2)cn1. The second kappa shape index (κ2) is 5.39. The summed E-state index contributed by atoms with van der Waals surface area (Å²) < 4.78 is 1.79. The minimum absolute atomic E-state index is 0.822. The fourth-order valence-electron chi connectivity index (χ4n) is 1.72. The number of aryl methyl sites for hydroxylation is 2. The van der Waals surface area contributed by atoms with Crippen molar-refractivity contribution in [1.29, 1.82) is 0 Å². The summed E-state index contributed by atoms with van der Waals surface area (Å²) in [5, 5.41) is 7.44. The molecule has 0 aliphatic heterocycles. The molecule has 2 aromatic rings. The highest BCUT2D eigenvalue weighted by Crippen LogP contribution is 2.08. The Balaban J connectivity index is 1.71. The van der Waals surface area contributed by atoms with Crippen LogP contribution in [0.2, 0.25) is 0 Å². The van der Waals surface area contributed by atoms with Crippen LogP contribution in [0.3, 0.4) is 0 Å². The highest BCUT2D eigenvalue weighted by molar-refractivity contribution is 5.39. The number of anilines is 2. The molecule has 0 fully saturated rings. The predicted molar refractivity (Wildman–Crippen MR) is 70.9 cm³/mol. The fourth-order valence-corrected chi connectivity index (χ4v) is 1.72. The normalized spacial score (nSPS) is 10.4. The molecule has 0 aliphatic rings. The molecule has 0 spiro atoms. The van der Waals surface area contributed by atoms with E-state index in [0.29, 0.717) is 0 Å². The van der Waals surface area contributed by atoms with Crippen LogP contribution in [-0.2, 0) is 13.5 Å². The molecule has 4 nitrogen and oxygen atoms in total. The molecule has 90 valence electrons. The maximum absolute atomic E-state index is 5.64. The predicted octanol–water partition coefficient (Wildman–Crippen LogP) is 2.05. The quantitative estimate of drug-likeness (QED) is 0.610. The van der Waals surface area contributed by atoms with E-state index in [1.165, 1.54) is 5.56 Å². The van der Waals surface area contributed by atoms with Crippen LogP contribution in [0, 0.1) is 0 Å². The summed E-state index contributed by atoms with van der Waals surface area (Å²) in [6.07, 6.45) is 5.97. The van der Waals surface area contributed by atoms with Crippen molar-refractivity contribution in [3.63, 3.8) is 0 Å². The summed E-state index contributed by atoms with van der Waals surface area (Å²) in [6.45, 7) is 0.954. The zero-order chi connectivity index (χ0) is 12.1. The van der Waals surface area contributed by atoms with Gasteiger partial charge in [-0.1, -0.05) is 12.1 Å². The van der Waals surface area contributed by atoms with Crippen molar-refractivity contribution >= 4 is 11.4 Å². The van der Waals surface area contributed by atoms with Gasteiger partial charge in [-0.2, -0.15) is 5.10 Å². The topological polar surface area (TPSA) is 55.9 Å². The molecule has 0 unspecified atom stereocenters. The first-order valence-electron chi connectivity index (χ1n) is 5.81. The van der Waals surface area contributed by atoms with Crippen LogP contribution in [-0.4, -0.2) is 16.3 Å². The van der Waals surface area contributed by atoms with Crippen molar-refractivity contribution < 1.29 is 0 Å². The molecule has 1 aromatic heterocycles. The molecule has 4 heteroatoms. The van der Waals surface area contributed by atoms with Crippen molar-refractivity contribution in [3.05, 3.63) is 42.2 Å². The van der Waals surface area contributed by atoms with E-state index in [9.17, 15) is 0 Å². The minimum Gasteiger partial charge on any atom is -0.399 e. The van der Waals surface area contributed by atoms with E-state index < -0.39 is 0 Å². The molecule has 0 saturated heterocycles. The lowest BCUT2D eigenvalue weighted by Gasteiger charge is -2.04. The lowest BCUT2D eigenvalue weighted by molar-refractivity contribution is 0.767. The monoisotopic (exact) mass is 230 g/mol. The molecule has 0 bridgehead atoms. The average molecular weight is 230 g/mol. The van der Waals surface area contributed by atoms with Gasteiger partial charge in [0.1, 0.15) is 0 Å². The Morgan fingerprint density at radius 2 is 2.06 bits per heavy atom. The third kappa shape index (κ3) is 3.52. The first-order valence-corrected chi connectivity index (χ1v) is 5.81. The van der Waals surface area contributed by atoms with Gasteiger partial charge in [-0.25, -0.2) is 0 Å². The van der Waals surface area contributed by atoms with Gasteiger partial charge in [-0.3, -0.25) is 4.68 Å². The smallest absolute Gasteiger partial charge is 0.0726 e. The van der Waals surface area contributed by atoms with Crippen LogP contribution in [0.1, 0.15) is 12.0 Å². The van der Waals surface area contributed by atoms with Gasteiger partial charge < -0.3 is 11.1 Å².